The maximum atomic E-state index is 13.0. The Balaban J connectivity index is 2.14. The Morgan fingerprint density at radius 1 is 1.00 bits per heavy atom. The van der Waals surface area contributed by atoms with Gasteiger partial charge in [-0.2, -0.15) is 0 Å². The van der Waals surface area contributed by atoms with Crippen LogP contribution in [0.15, 0.2) is 36.4 Å². The van der Waals surface area contributed by atoms with Crippen LogP contribution < -0.4 is 5.32 Å². The monoisotopic (exact) mass is 271 g/mol. The summed E-state index contributed by atoms with van der Waals surface area (Å²) in [7, 11) is 0. The molecule has 18 heavy (non-hydrogen) atoms. The predicted octanol–water partition coefficient (Wildman–Crippen LogP) is 4.37. The Labute approximate surface area is 107 Å². The van der Waals surface area contributed by atoms with E-state index in [-0.39, 0.29) is 6.54 Å². The Kier molecular flexibility index (Phi) is 3.77. The van der Waals surface area contributed by atoms with Gasteiger partial charge in [0.15, 0.2) is 17.5 Å². The predicted molar refractivity (Wildman–Crippen MR) is 65.1 cm³/mol. The van der Waals surface area contributed by atoms with Crippen molar-refractivity contribution < 1.29 is 13.2 Å². The molecule has 2 rings (SSSR count). The Bertz CT molecular complexity index is 549. The van der Waals surface area contributed by atoms with Crippen LogP contribution in [-0.2, 0) is 6.54 Å². The average Bonchev–Trinajstić information content (AvgIpc) is 2.35. The van der Waals surface area contributed by atoms with Crippen LogP contribution in [0, 0.1) is 17.5 Å². The van der Waals surface area contributed by atoms with Gasteiger partial charge in [0.25, 0.3) is 0 Å². The normalized spacial score (nSPS) is 10.4. The summed E-state index contributed by atoms with van der Waals surface area (Å²) in [6.45, 7) is 0.151. The quantitative estimate of drug-likeness (QED) is 0.818. The zero-order valence-electron chi connectivity index (χ0n) is 9.18. The number of hydrogen-bond donors (Lipinski definition) is 1. The molecular formula is C13H9ClF3N. The topological polar surface area (TPSA) is 12.0 Å². The SMILES string of the molecule is Fc1cc(CNc2ccccc2Cl)cc(F)c1F. The van der Waals surface area contributed by atoms with Crippen molar-refractivity contribution in [3.05, 3.63) is 64.4 Å². The zero-order chi connectivity index (χ0) is 13.1. The minimum Gasteiger partial charge on any atom is -0.380 e. The summed E-state index contributed by atoms with van der Waals surface area (Å²) < 4.78 is 38.7. The number of rotatable bonds is 3. The van der Waals surface area contributed by atoms with Crippen LogP contribution in [0.4, 0.5) is 18.9 Å². The van der Waals surface area contributed by atoms with Gasteiger partial charge in [-0.25, -0.2) is 13.2 Å². The minimum atomic E-state index is -1.46. The van der Waals surface area contributed by atoms with Gasteiger partial charge in [0.05, 0.1) is 10.7 Å². The molecule has 0 saturated heterocycles. The van der Waals surface area contributed by atoms with E-state index in [0.29, 0.717) is 16.3 Å². The standard InChI is InChI=1S/C13H9ClF3N/c14-9-3-1-2-4-12(9)18-7-8-5-10(15)13(17)11(16)6-8/h1-6,18H,7H2. The summed E-state index contributed by atoms with van der Waals surface area (Å²) in [4.78, 5) is 0. The van der Waals surface area contributed by atoms with Crippen molar-refractivity contribution in [3.63, 3.8) is 0 Å². The van der Waals surface area contributed by atoms with Gasteiger partial charge in [0.1, 0.15) is 0 Å². The maximum absolute atomic E-state index is 13.0. The van der Waals surface area contributed by atoms with Crippen molar-refractivity contribution in [1.82, 2.24) is 0 Å². The van der Waals surface area contributed by atoms with Crippen molar-refractivity contribution in [3.8, 4) is 0 Å². The second-order valence-corrected chi connectivity index (χ2v) is 4.11. The molecule has 0 fully saturated rings. The van der Waals surface area contributed by atoms with E-state index in [2.05, 4.69) is 5.32 Å². The Morgan fingerprint density at radius 2 is 1.61 bits per heavy atom. The first-order valence-electron chi connectivity index (χ1n) is 5.20. The lowest BCUT2D eigenvalue weighted by Crippen LogP contribution is -2.02. The van der Waals surface area contributed by atoms with Gasteiger partial charge in [-0.05, 0) is 29.8 Å². The number of halogens is 4. The molecule has 0 spiro atoms. The molecule has 0 unspecified atom stereocenters. The van der Waals surface area contributed by atoms with E-state index in [4.69, 9.17) is 11.6 Å². The highest BCUT2D eigenvalue weighted by Crippen LogP contribution is 2.21. The number of nitrogens with one attached hydrogen (secondary N) is 1. The fourth-order valence-electron chi connectivity index (χ4n) is 1.51. The summed E-state index contributed by atoms with van der Waals surface area (Å²) in [6, 6.07) is 8.86. The molecular weight excluding hydrogens is 263 g/mol. The molecule has 1 nitrogen and oxygen atoms in total. The van der Waals surface area contributed by atoms with Crippen molar-refractivity contribution in [2.24, 2.45) is 0 Å². The average molecular weight is 272 g/mol. The third kappa shape index (κ3) is 2.76. The van der Waals surface area contributed by atoms with E-state index in [1.54, 1.807) is 24.3 Å². The van der Waals surface area contributed by atoms with Gasteiger partial charge in [-0.3, -0.25) is 0 Å². The van der Waals surface area contributed by atoms with Crippen molar-refractivity contribution >= 4 is 17.3 Å². The first kappa shape index (κ1) is 12.8. The fraction of sp³-hybridized carbons (Fsp3) is 0.0769. The molecule has 5 heteroatoms. The summed E-state index contributed by atoms with van der Waals surface area (Å²) in [5.74, 6) is -3.87. The minimum absolute atomic E-state index is 0.151. The molecule has 0 aliphatic rings. The molecule has 0 amide bonds. The van der Waals surface area contributed by atoms with Gasteiger partial charge < -0.3 is 5.32 Å². The largest absolute Gasteiger partial charge is 0.380 e. The second kappa shape index (κ2) is 5.31. The summed E-state index contributed by atoms with van der Waals surface area (Å²) in [5.41, 5.74) is 0.940. The molecule has 2 aromatic carbocycles. The molecule has 0 aliphatic heterocycles. The van der Waals surface area contributed by atoms with Gasteiger partial charge in [0.2, 0.25) is 0 Å². The van der Waals surface area contributed by atoms with E-state index in [1.165, 1.54) is 0 Å². The molecule has 2 aromatic rings. The Hall–Kier alpha value is -1.68. The van der Waals surface area contributed by atoms with Crippen molar-refractivity contribution in [1.29, 1.82) is 0 Å². The Morgan fingerprint density at radius 3 is 2.22 bits per heavy atom. The van der Waals surface area contributed by atoms with Crippen LogP contribution >= 0.6 is 11.6 Å². The summed E-state index contributed by atoms with van der Waals surface area (Å²) in [6.07, 6.45) is 0. The van der Waals surface area contributed by atoms with E-state index < -0.39 is 17.5 Å². The highest BCUT2D eigenvalue weighted by Gasteiger charge is 2.10. The van der Waals surface area contributed by atoms with Crippen molar-refractivity contribution in [2.75, 3.05) is 5.32 Å². The molecule has 0 radical (unpaired) electrons. The maximum Gasteiger partial charge on any atom is 0.194 e. The first-order valence-corrected chi connectivity index (χ1v) is 5.57. The molecule has 1 N–H and O–H groups in total. The third-order valence-electron chi connectivity index (χ3n) is 2.40. The van der Waals surface area contributed by atoms with Crippen LogP contribution in [0.1, 0.15) is 5.56 Å². The summed E-state index contributed by atoms with van der Waals surface area (Å²) in [5, 5.41) is 3.42. The molecule has 0 atom stereocenters. The first-order chi connectivity index (χ1) is 8.58. The zero-order valence-corrected chi connectivity index (χ0v) is 9.94. The highest BCUT2D eigenvalue weighted by molar-refractivity contribution is 6.33. The van der Waals surface area contributed by atoms with Gasteiger partial charge in [-0.15, -0.1) is 0 Å². The second-order valence-electron chi connectivity index (χ2n) is 3.71. The van der Waals surface area contributed by atoms with Crippen LogP contribution in [0.2, 0.25) is 5.02 Å². The van der Waals surface area contributed by atoms with Crippen LogP contribution in [-0.4, -0.2) is 0 Å². The number of para-hydroxylation sites is 1. The number of hydrogen-bond acceptors (Lipinski definition) is 1. The highest BCUT2D eigenvalue weighted by atomic mass is 35.5. The third-order valence-corrected chi connectivity index (χ3v) is 2.73. The molecule has 94 valence electrons. The van der Waals surface area contributed by atoms with Gasteiger partial charge in [-0.1, -0.05) is 23.7 Å². The number of benzene rings is 2. The lowest BCUT2D eigenvalue weighted by molar-refractivity contribution is 0.445. The van der Waals surface area contributed by atoms with Gasteiger partial charge in [0, 0.05) is 6.54 Å². The van der Waals surface area contributed by atoms with Crippen LogP contribution in [0.3, 0.4) is 0 Å². The molecule has 0 aliphatic carbocycles. The lowest BCUT2D eigenvalue weighted by Gasteiger charge is -2.08. The fourth-order valence-corrected chi connectivity index (χ4v) is 1.71. The lowest BCUT2D eigenvalue weighted by atomic mass is 10.2. The van der Waals surface area contributed by atoms with Crippen molar-refractivity contribution in [2.45, 2.75) is 6.54 Å². The van der Waals surface area contributed by atoms with Crippen LogP contribution in [0.5, 0.6) is 0 Å². The summed E-state index contributed by atoms with van der Waals surface area (Å²) >= 11 is 5.91. The molecule has 0 bridgehead atoms. The molecule has 0 aromatic heterocycles. The van der Waals surface area contributed by atoms with Crippen LogP contribution in [0.25, 0.3) is 0 Å². The van der Waals surface area contributed by atoms with E-state index >= 15 is 0 Å². The van der Waals surface area contributed by atoms with E-state index in [1.807, 2.05) is 0 Å². The van der Waals surface area contributed by atoms with E-state index in [9.17, 15) is 13.2 Å². The molecule has 0 heterocycles. The molecule has 0 saturated carbocycles. The van der Waals surface area contributed by atoms with E-state index in [0.717, 1.165) is 12.1 Å². The van der Waals surface area contributed by atoms with Gasteiger partial charge >= 0.3 is 0 Å². The number of anilines is 1. The smallest absolute Gasteiger partial charge is 0.194 e.